The summed E-state index contributed by atoms with van der Waals surface area (Å²) in [4.78, 5) is 17.5. The van der Waals surface area contributed by atoms with E-state index in [1.807, 2.05) is 19.2 Å². The van der Waals surface area contributed by atoms with Crippen molar-refractivity contribution in [3.63, 3.8) is 0 Å². The van der Waals surface area contributed by atoms with E-state index in [0.717, 1.165) is 42.0 Å². The van der Waals surface area contributed by atoms with Gasteiger partial charge in [0.15, 0.2) is 0 Å². The second kappa shape index (κ2) is 8.87. The molecule has 0 unspecified atom stereocenters. The van der Waals surface area contributed by atoms with Crippen LogP contribution in [0.4, 0.5) is 5.69 Å². The Morgan fingerprint density at radius 2 is 2.12 bits per heavy atom. The van der Waals surface area contributed by atoms with Gasteiger partial charge in [0.2, 0.25) is 0 Å². The van der Waals surface area contributed by atoms with Crippen LogP contribution in [0, 0.1) is 3.57 Å². The van der Waals surface area contributed by atoms with Crippen LogP contribution < -0.4 is 15.4 Å². The number of methoxy groups -OCH3 is 1. The van der Waals surface area contributed by atoms with E-state index in [9.17, 15) is 4.79 Å². The van der Waals surface area contributed by atoms with Crippen LogP contribution in [0.5, 0.6) is 5.75 Å². The fourth-order valence-electron chi connectivity index (χ4n) is 2.97. The summed E-state index contributed by atoms with van der Waals surface area (Å²) >= 11 is 2.23. The minimum absolute atomic E-state index is 0.0798. The number of hydrogen-bond donors (Lipinski definition) is 2. The van der Waals surface area contributed by atoms with E-state index in [-0.39, 0.29) is 11.9 Å². The largest absolute Gasteiger partial charge is 0.496 e. The van der Waals surface area contributed by atoms with Crippen LogP contribution in [0.2, 0.25) is 0 Å². The SMILES string of the molecule is CCN1CCN(C)C[C@H](NC(=O)c2cc(I)c(NC)cc2OC)C1. The second-order valence-corrected chi connectivity index (χ2v) is 7.27. The number of halogens is 1. The average Bonchev–Trinajstić information content (AvgIpc) is 2.75. The highest BCUT2D eigenvalue weighted by Crippen LogP contribution is 2.28. The number of carbonyl (C=O) groups excluding carboxylic acids is 1. The smallest absolute Gasteiger partial charge is 0.255 e. The number of amides is 1. The van der Waals surface area contributed by atoms with Crippen LogP contribution in [-0.2, 0) is 0 Å². The molecule has 2 N–H and O–H groups in total. The van der Waals surface area contributed by atoms with Crippen LogP contribution in [-0.4, -0.2) is 75.7 Å². The summed E-state index contributed by atoms with van der Waals surface area (Å²) in [5.74, 6) is 0.510. The van der Waals surface area contributed by atoms with Gasteiger partial charge in [0.05, 0.1) is 24.4 Å². The van der Waals surface area contributed by atoms with E-state index in [0.29, 0.717) is 11.3 Å². The second-order valence-electron chi connectivity index (χ2n) is 6.11. The monoisotopic (exact) mass is 446 g/mol. The van der Waals surface area contributed by atoms with E-state index in [2.05, 4.69) is 57.0 Å². The van der Waals surface area contributed by atoms with Crippen molar-refractivity contribution in [3.8, 4) is 5.75 Å². The molecule has 1 aliphatic heterocycles. The average molecular weight is 446 g/mol. The first-order valence-electron chi connectivity index (χ1n) is 8.25. The predicted octanol–water partition coefficient (Wildman–Crippen LogP) is 1.71. The fourth-order valence-corrected chi connectivity index (χ4v) is 3.71. The standard InChI is InChI=1S/C17H27IN4O2/c1-5-22-7-6-21(3)10-12(11-22)20-17(23)13-8-14(18)15(19-2)9-16(13)24-4/h8-9,12,19H,5-7,10-11H2,1-4H3,(H,20,23)/t12-/m0/s1. The van der Waals surface area contributed by atoms with Gasteiger partial charge in [0, 0.05) is 42.9 Å². The van der Waals surface area contributed by atoms with Crippen molar-refractivity contribution in [1.29, 1.82) is 0 Å². The summed E-state index contributed by atoms with van der Waals surface area (Å²) in [5, 5.41) is 6.30. The minimum Gasteiger partial charge on any atom is -0.496 e. The van der Waals surface area contributed by atoms with Gasteiger partial charge >= 0.3 is 0 Å². The van der Waals surface area contributed by atoms with Gasteiger partial charge in [-0.1, -0.05) is 6.92 Å². The molecule has 2 rings (SSSR count). The maximum atomic E-state index is 12.8. The number of nitrogens with one attached hydrogen (secondary N) is 2. The first kappa shape index (κ1) is 19.3. The Morgan fingerprint density at radius 1 is 1.38 bits per heavy atom. The first-order chi connectivity index (χ1) is 11.5. The van der Waals surface area contributed by atoms with Crippen molar-refractivity contribution in [1.82, 2.24) is 15.1 Å². The highest BCUT2D eigenvalue weighted by molar-refractivity contribution is 14.1. The van der Waals surface area contributed by atoms with Crippen molar-refractivity contribution in [2.45, 2.75) is 13.0 Å². The van der Waals surface area contributed by atoms with E-state index < -0.39 is 0 Å². The molecule has 1 aromatic carbocycles. The molecule has 1 amide bonds. The van der Waals surface area contributed by atoms with Gasteiger partial charge in [-0.2, -0.15) is 0 Å². The molecule has 24 heavy (non-hydrogen) atoms. The molecule has 0 bridgehead atoms. The van der Waals surface area contributed by atoms with E-state index in [4.69, 9.17) is 4.74 Å². The van der Waals surface area contributed by atoms with Gasteiger partial charge in [-0.3, -0.25) is 4.79 Å². The molecule has 1 aromatic rings. The maximum absolute atomic E-state index is 12.8. The van der Waals surface area contributed by atoms with Crippen LogP contribution in [0.25, 0.3) is 0 Å². The number of nitrogens with zero attached hydrogens (tertiary/aromatic N) is 2. The highest BCUT2D eigenvalue weighted by Gasteiger charge is 2.23. The molecule has 0 aliphatic carbocycles. The van der Waals surface area contributed by atoms with Crippen molar-refractivity contribution < 1.29 is 9.53 Å². The lowest BCUT2D eigenvalue weighted by atomic mass is 10.1. The van der Waals surface area contributed by atoms with Crippen LogP contribution in [0.1, 0.15) is 17.3 Å². The fraction of sp³-hybridized carbons (Fsp3) is 0.588. The number of likely N-dealkylation sites (N-methyl/N-ethyl adjacent to an activating group) is 2. The molecule has 0 radical (unpaired) electrons. The van der Waals surface area contributed by atoms with Gasteiger partial charge < -0.3 is 25.2 Å². The Balaban J connectivity index is 2.17. The molecule has 134 valence electrons. The van der Waals surface area contributed by atoms with E-state index in [1.165, 1.54) is 0 Å². The molecular formula is C17H27IN4O2. The third-order valence-corrected chi connectivity index (χ3v) is 5.29. The molecule has 1 heterocycles. The number of hydrogen-bond acceptors (Lipinski definition) is 5. The Morgan fingerprint density at radius 3 is 2.75 bits per heavy atom. The summed E-state index contributed by atoms with van der Waals surface area (Å²) in [5.41, 5.74) is 1.53. The molecule has 0 saturated carbocycles. The van der Waals surface area contributed by atoms with Gasteiger partial charge in [-0.25, -0.2) is 0 Å². The minimum atomic E-state index is -0.0798. The molecule has 1 saturated heterocycles. The molecule has 6 nitrogen and oxygen atoms in total. The predicted molar refractivity (Wildman–Crippen MR) is 106 cm³/mol. The molecule has 1 fully saturated rings. The molecule has 7 heteroatoms. The Labute approximate surface area is 158 Å². The molecule has 1 atom stereocenters. The lowest BCUT2D eigenvalue weighted by Gasteiger charge is -2.24. The molecule has 0 aromatic heterocycles. The van der Waals surface area contributed by atoms with Gasteiger partial charge in [0.1, 0.15) is 5.75 Å². The van der Waals surface area contributed by atoms with Crippen LogP contribution >= 0.6 is 22.6 Å². The van der Waals surface area contributed by atoms with Gasteiger partial charge in [-0.05, 0) is 42.2 Å². The quantitative estimate of drug-likeness (QED) is 0.675. The van der Waals surface area contributed by atoms with E-state index >= 15 is 0 Å². The van der Waals surface area contributed by atoms with Crippen molar-refractivity contribution >= 4 is 34.2 Å². The molecule has 0 spiro atoms. The number of benzene rings is 1. The first-order valence-corrected chi connectivity index (χ1v) is 9.33. The summed E-state index contributed by atoms with van der Waals surface area (Å²) in [7, 11) is 5.55. The summed E-state index contributed by atoms with van der Waals surface area (Å²) in [6.07, 6.45) is 0. The van der Waals surface area contributed by atoms with Gasteiger partial charge in [0.25, 0.3) is 5.91 Å². The topological polar surface area (TPSA) is 56.8 Å². The Kier molecular flexibility index (Phi) is 7.12. The van der Waals surface area contributed by atoms with Crippen molar-refractivity contribution in [2.75, 3.05) is 59.2 Å². The lowest BCUT2D eigenvalue weighted by molar-refractivity contribution is 0.0922. The maximum Gasteiger partial charge on any atom is 0.255 e. The van der Waals surface area contributed by atoms with E-state index in [1.54, 1.807) is 7.11 Å². The number of carbonyl (C=O) groups is 1. The zero-order valence-corrected chi connectivity index (χ0v) is 17.0. The van der Waals surface area contributed by atoms with Crippen LogP contribution in [0.3, 0.4) is 0 Å². The number of anilines is 1. The zero-order chi connectivity index (χ0) is 17.7. The Hall–Kier alpha value is -1.06. The lowest BCUT2D eigenvalue weighted by Crippen LogP contribution is -2.46. The van der Waals surface area contributed by atoms with Crippen molar-refractivity contribution in [2.24, 2.45) is 0 Å². The third-order valence-electron chi connectivity index (χ3n) is 4.39. The molecule has 1 aliphatic rings. The summed E-state index contributed by atoms with van der Waals surface area (Å²) < 4.78 is 6.41. The third kappa shape index (κ3) is 4.73. The summed E-state index contributed by atoms with van der Waals surface area (Å²) in [6.45, 7) is 6.96. The zero-order valence-electron chi connectivity index (χ0n) is 14.9. The molecular weight excluding hydrogens is 419 g/mol. The van der Waals surface area contributed by atoms with Gasteiger partial charge in [-0.15, -0.1) is 0 Å². The van der Waals surface area contributed by atoms with Crippen molar-refractivity contribution in [3.05, 3.63) is 21.3 Å². The number of rotatable bonds is 5. The number of ether oxygens (including phenoxy) is 1. The van der Waals surface area contributed by atoms with Crippen LogP contribution in [0.15, 0.2) is 12.1 Å². The summed E-state index contributed by atoms with van der Waals surface area (Å²) in [6, 6.07) is 3.85. The Bertz CT molecular complexity index is 582. The highest BCUT2D eigenvalue weighted by atomic mass is 127. The normalized spacial score (nSPS) is 19.6.